The summed E-state index contributed by atoms with van der Waals surface area (Å²) >= 11 is 0. The Kier molecular flexibility index (Phi) is 4.40. The number of hydrogen-bond acceptors (Lipinski definition) is 2. The zero-order valence-corrected chi connectivity index (χ0v) is 10.1. The molecule has 0 aliphatic carbocycles. The van der Waals surface area contributed by atoms with Gasteiger partial charge in [-0.05, 0) is 24.4 Å². The molecule has 0 saturated heterocycles. The van der Waals surface area contributed by atoms with Crippen molar-refractivity contribution in [2.75, 3.05) is 26.7 Å². The fourth-order valence-electron chi connectivity index (χ4n) is 1.66. The Labute approximate surface area is 83.5 Å². The lowest BCUT2D eigenvalue weighted by molar-refractivity contribution is 0.165. The molecule has 0 bridgehead atoms. The molecule has 2 N–H and O–H groups in total. The fraction of sp³-hybridized carbons (Fsp3) is 1.00. The molecule has 0 aliphatic rings. The molecule has 13 heavy (non-hydrogen) atoms. The van der Waals surface area contributed by atoms with Gasteiger partial charge in [0.25, 0.3) is 0 Å². The highest BCUT2D eigenvalue weighted by Crippen LogP contribution is 2.19. The molecule has 0 heterocycles. The summed E-state index contributed by atoms with van der Waals surface area (Å²) in [6.07, 6.45) is 0. The van der Waals surface area contributed by atoms with Crippen LogP contribution in [0.3, 0.4) is 0 Å². The summed E-state index contributed by atoms with van der Waals surface area (Å²) in [7, 11) is 2.17. The van der Waals surface area contributed by atoms with Crippen LogP contribution in [0.1, 0.15) is 34.6 Å². The van der Waals surface area contributed by atoms with Gasteiger partial charge in [-0.2, -0.15) is 0 Å². The molecule has 0 amide bonds. The smallest absolute Gasteiger partial charge is 0.00419 e. The van der Waals surface area contributed by atoms with Gasteiger partial charge in [-0.3, -0.25) is 0 Å². The molecule has 2 heteroatoms. The molecule has 0 aromatic rings. The van der Waals surface area contributed by atoms with Crippen LogP contribution in [0.2, 0.25) is 0 Å². The molecule has 80 valence electrons. The zero-order valence-electron chi connectivity index (χ0n) is 10.1. The van der Waals surface area contributed by atoms with Crippen LogP contribution in [-0.2, 0) is 0 Å². The third-order valence-corrected chi connectivity index (χ3v) is 1.99. The molecule has 0 atom stereocenters. The average Bonchev–Trinajstić information content (AvgIpc) is 1.81. The number of hydrogen-bond donors (Lipinski definition) is 1. The first-order valence-electron chi connectivity index (χ1n) is 5.05. The molecule has 0 saturated carbocycles. The van der Waals surface area contributed by atoms with E-state index in [-0.39, 0.29) is 5.41 Å². The predicted octanol–water partition coefficient (Wildman–Crippen LogP) is 1.95. The minimum atomic E-state index is 0.236. The van der Waals surface area contributed by atoms with Gasteiger partial charge in [-0.25, -0.2) is 0 Å². The molecule has 0 aromatic carbocycles. The van der Waals surface area contributed by atoms with Gasteiger partial charge in [-0.15, -0.1) is 0 Å². The van der Waals surface area contributed by atoms with Crippen molar-refractivity contribution in [1.82, 2.24) is 4.90 Å². The lowest BCUT2D eigenvalue weighted by Crippen LogP contribution is -2.40. The highest BCUT2D eigenvalue weighted by molar-refractivity contribution is 4.75. The summed E-state index contributed by atoms with van der Waals surface area (Å²) in [4.78, 5) is 2.37. The maximum absolute atomic E-state index is 5.69. The maximum atomic E-state index is 5.69. The fourth-order valence-corrected chi connectivity index (χ4v) is 1.66. The Hall–Kier alpha value is -0.0800. The van der Waals surface area contributed by atoms with Gasteiger partial charge in [0.2, 0.25) is 0 Å². The van der Waals surface area contributed by atoms with Gasteiger partial charge >= 0.3 is 0 Å². The maximum Gasteiger partial charge on any atom is 0.00419 e. The van der Waals surface area contributed by atoms with E-state index in [1.807, 2.05) is 0 Å². The van der Waals surface area contributed by atoms with E-state index >= 15 is 0 Å². The van der Waals surface area contributed by atoms with Crippen LogP contribution in [-0.4, -0.2) is 31.6 Å². The summed E-state index contributed by atoms with van der Waals surface area (Å²) in [5.74, 6) is 0. The van der Waals surface area contributed by atoms with Gasteiger partial charge in [0.05, 0.1) is 0 Å². The third-order valence-electron chi connectivity index (χ3n) is 1.99. The van der Waals surface area contributed by atoms with Crippen LogP contribution in [0.25, 0.3) is 0 Å². The van der Waals surface area contributed by atoms with Crippen molar-refractivity contribution in [3.8, 4) is 0 Å². The third kappa shape index (κ3) is 7.03. The normalized spacial score (nSPS) is 13.8. The van der Waals surface area contributed by atoms with Gasteiger partial charge in [-0.1, -0.05) is 34.6 Å². The number of rotatable bonds is 4. The Bertz CT molecular complexity index is 145. The molecular formula is C11H26N2. The van der Waals surface area contributed by atoms with Gasteiger partial charge in [0.1, 0.15) is 0 Å². The summed E-state index contributed by atoms with van der Waals surface area (Å²) < 4.78 is 0. The second kappa shape index (κ2) is 4.43. The molecule has 0 aliphatic heterocycles. The SMILES string of the molecule is CN(CC(C)(C)C)CC(C)(C)CN. The number of nitrogens with zero attached hydrogens (tertiary/aromatic N) is 1. The van der Waals surface area contributed by atoms with Crippen molar-refractivity contribution in [1.29, 1.82) is 0 Å². The Morgan fingerprint density at radius 1 is 1.00 bits per heavy atom. The minimum absolute atomic E-state index is 0.236. The monoisotopic (exact) mass is 186 g/mol. The predicted molar refractivity (Wildman–Crippen MR) is 59.8 cm³/mol. The molecule has 0 radical (unpaired) electrons. The number of nitrogens with two attached hydrogens (primary N) is 1. The van der Waals surface area contributed by atoms with Gasteiger partial charge in [0.15, 0.2) is 0 Å². The molecular weight excluding hydrogens is 160 g/mol. The summed E-state index contributed by atoms with van der Waals surface area (Å²) in [5.41, 5.74) is 6.30. The summed E-state index contributed by atoms with van der Waals surface area (Å²) in [5, 5.41) is 0. The lowest BCUT2D eigenvalue weighted by atomic mass is 9.91. The standard InChI is InChI=1S/C11H26N2/c1-10(2,3)8-13(6)9-11(4,5)7-12/h7-9,12H2,1-6H3. The van der Waals surface area contributed by atoms with Crippen molar-refractivity contribution in [3.63, 3.8) is 0 Å². The topological polar surface area (TPSA) is 29.3 Å². The van der Waals surface area contributed by atoms with Crippen molar-refractivity contribution in [3.05, 3.63) is 0 Å². The van der Waals surface area contributed by atoms with E-state index in [2.05, 4.69) is 46.6 Å². The molecule has 0 unspecified atom stereocenters. The first-order chi connectivity index (χ1) is 5.66. The van der Waals surface area contributed by atoms with Crippen molar-refractivity contribution in [2.45, 2.75) is 34.6 Å². The Morgan fingerprint density at radius 2 is 1.46 bits per heavy atom. The van der Waals surface area contributed by atoms with Crippen LogP contribution in [0, 0.1) is 10.8 Å². The van der Waals surface area contributed by atoms with Crippen LogP contribution >= 0.6 is 0 Å². The van der Waals surface area contributed by atoms with Gasteiger partial charge < -0.3 is 10.6 Å². The van der Waals surface area contributed by atoms with Crippen molar-refractivity contribution < 1.29 is 0 Å². The van der Waals surface area contributed by atoms with Crippen LogP contribution < -0.4 is 5.73 Å². The van der Waals surface area contributed by atoms with E-state index in [9.17, 15) is 0 Å². The second-order valence-electron chi connectivity index (χ2n) is 6.10. The van der Waals surface area contributed by atoms with Crippen molar-refractivity contribution >= 4 is 0 Å². The van der Waals surface area contributed by atoms with Crippen molar-refractivity contribution in [2.24, 2.45) is 16.6 Å². The van der Waals surface area contributed by atoms with E-state index in [0.717, 1.165) is 19.6 Å². The summed E-state index contributed by atoms with van der Waals surface area (Å²) in [6, 6.07) is 0. The van der Waals surface area contributed by atoms with Crippen LogP contribution in [0.15, 0.2) is 0 Å². The Balaban J connectivity index is 3.94. The first-order valence-corrected chi connectivity index (χ1v) is 5.05. The molecule has 0 spiro atoms. The highest BCUT2D eigenvalue weighted by atomic mass is 15.1. The van der Waals surface area contributed by atoms with E-state index in [1.165, 1.54) is 0 Å². The minimum Gasteiger partial charge on any atom is -0.330 e. The van der Waals surface area contributed by atoms with E-state index in [4.69, 9.17) is 5.73 Å². The quantitative estimate of drug-likeness (QED) is 0.727. The van der Waals surface area contributed by atoms with Gasteiger partial charge in [0, 0.05) is 13.1 Å². The van der Waals surface area contributed by atoms with Crippen LogP contribution in [0.4, 0.5) is 0 Å². The van der Waals surface area contributed by atoms with E-state index in [1.54, 1.807) is 0 Å². The highest BCUT2D eigenvalue weighted by Gasteiger charge is 2.21. The van der Waals surface area contributed by atoms with E-state index < -0.39 is 0 Å². The largest absolute Gasteiger partial charge is 0.330 e. The molecule has 0 rings (SSSR count). The first kappa shape index (κ1) is 12.9. The average molecular weight is 186 g/mol. The molecule has 0 fully saturated rings. The van der Waals surface area contributed by atoms with E-state index in [0.29, 0.717) is 5.41 Å². The lowest BCUT2D eigenvalue weighted by Gasteiger charge is -2.33. The summed E-state index contributed by atoms with van der Waals surface area (Å²) in [6.45, 7) is 14.2. The second-order valence-corrected chi connectivity index (χ2v) is 6.10. The zero-order chi connectivity index (χ0) is 10.7. The van der Waals surface area contributed by atoms with Crippen LogP contribution in [0.5, 0.6) is 0 Å². The Morgan fingerprint density at radius 3 is 1.77 bits per heavy atom. The molecule has 0 aromatic heterocycles. The molecule has 2 nitrogen and oxygen atoms in total.